The molecule has 1 unspecified atom stereocenters. The van der Waals surface area contributed by atoms with Gasteiger partial charge in [0.05, 0.1) is 11.6 Å². The number of hydrogen-bond acceptors (Lipinski definition) is 3. The molecule has 1 aromatic carbocycles. The van der Waals surface area contributed by atoms with Gasteiger partial charge in [-0.3, -0.25) is 11.3 Å². The van der Waals surface area contributed by atoms with Gasteiger partial charge in [0.1, 0.15) is 5.75 Å². The molecule has 0 heterocycles. The molecule has 96 valence electrons. The number of unbranched alkanes of at least 4 members (excludes halogenated alkanes) is 1. The smallest absolute Gasteiger partial charge is 0.133 e. The molecule has 0 aliphatic carbocycles. The first-order chi connectivity index (χ1) is 8.21. The molecule has 1 aromatic rings. The second kappa shape index (κ2) is 7.69. The first kappa shape index (κ1) is 14.5. The van der Waals surface area contributed by atoms with Crippen LogP contribution >= 0.6 is 15.9 Å². The van der Waals surface area contributed by atoms with Gasteiger partial charge in [0.25, 0.3) is 0 Å². The summed E-state index contributed by atoms with van der Waals surface area (Å²) < 4.78 is 6.20. The quantitative estimate of drug-likeness (QED) is 0.601. The first-order valence-electron chi connectivity index (χ1n) is 5.99. The Morgan fingerprint density at radius 1 is 1.47 bits per heavy atom. The van der Waals surface area contributed by atoms with Crippen molar-refractivity contribution in [3.8, 4) is 5.75 Å². The largest absolute Gasteiger partial charge is 0.496 e. The second-order valence-corrected chi connectivity index (χ2v) is 5.03. The van der Waals surface area contributed by atoms with Gasteiger partial charge < -0.3 is 4.74 Å². The van der Waals surface area contributed by atoms with Crippen molar-refractivity contribution >= 4 is 15.9 Å². The van der Waals surface area contributed by atoms with Crippen molar-refractivity contribution in [1.82, 2.24) is 5.43 Å². The molecule has 0 bridgehead atoms. The Labute approximate surface area is 112 Å². The highest BCUT2D eigenvalue weighted by atomic mass is 79.9. The zero-order valence-electron chi connectivity index (χ0n) is 10.5. The van der Waals surface area contributed by atoms with E-state index in [9.17, 15) is 0 Å². The van der Waals surface area contributed by atoms with Crippen LogP contribution in [0.15, 0.2) is 22.7 Å². The molecule has 17 heavy (non-hydrogen) atoms. The van der Waals surface area contributed by atoms with Gasteiger partial charge >= 0.3 is 0 Å². The third-order valence-electron chi connectivity index (χ3n) is 2.84. The molecule has 0 amide bonds. The summed E-state index contributed by atoms with van der Waals surface area (Å²) in [6, 6.07) is 6.50. The maximum atomic E-state index is 5.57. The van der Waals surface area contributed by atoms with Gasteiger partial charge in [-0.25, -0.2) is 0 Å². The van der Waals surface area contributed by atoms with E-state index in [2.05, 4.69) is 40.4 Å². The molecular formula is C13H21BrN2O. The molecule has 0 fully saturated rings. The van der Waals surface area contributed by atoms with Gasteiger partial charge in [-0.05, 0) is 46.5 Å². The third kappa shape index (κ3) is 4.66. The zero-order chi connectivity index (χ0) is 12.7. The first-order valence-corrected chi connectivity index (χ1v) is 6.79. The lowest BCUT2D eigenvalue weighted by atomic mass is 10.0. The van der Waals surface area contributed by atoms with Crippen LogP contribution in [0.5, 0.6) is 5.75 Å². The topological polar surface area (TPSA) is 47.3 Å². The Hall–Kier alpha value is -0.580. The lowest BCUT2D eigenvalue weighted by molar-refractivity contribution is 0.411. The van der Waals surface area contributed by atoms with Crippen LogP contribution in [0, 0.1) is 0 Å². The van der Waals surface area contributed by atoms with Crippen molar-refractivity contribution < 1.29 is 4.74 Å². The summed E-state index contributed by atoms with van der Waals surface area (Å²) in [5.41, 5.74) is 4.15. The summed E-state index contributed by atoms with van der Waals surface area (Å²) in [5, 5.41) is 0. The highest BCUT2D eigenvalue weighted by molar-refractivity contribution is 9.10. The van der Waals surface area contributed by atoms with Crippen molar-refractivity contribution in [2.24, 2.45) is 5.84 Å². The van der Waals surface area contributed by atoms with Gasteiger partial charge in [-0.2, -0.15) is 0 Å². The van der Waals surface area contributed by atoms with Crippen LogP contribution in [0.3, 0.4) is 0 Å². The molecule has 0 aromatic heterocycles. The molecule has 0 saturated carbocycles. The Morgan fingerprint density at radius 2 is 2.24 bits per heavy atom. The van der Waals surface area contributed by atoms with Crippen molar-refractivity contribution in [1.29, 1.82) is 0 Å². The summed E-state index contributed by atoms with van der Waals surface area (Å²) >= 11 is 3.50. The molecule has 3 N–H and O–H groups in total. The van der Waals surface area contributed by atoms with Crippen LogP contribution < -0.4 is 16.0 Å². The number of nitrogens with one attached hydrogen (secondary N) is 1. The van der Waals surface area contributed by atoms with Crippen molar-refractivity contribution in [2.45, 2.75) is 38.6 Å². The number of nitrogens with two attached hydrogens (primary N) is 1. The molecule has 3 nitrogen and oxygen atoms in total. The zero-order valence-corrected chi connectivity index (χ0v) is 12.1. The highest BCUT2D eigenvalue weighted by Crippen LogP contribution is 2.26. The van der Waals surface area contributed by atoms with Gasteiger partial charge in [0.2, 0.25) is 0 Å². The standard InChI is InChI=1S/C13H21BrN2O/c1-3-4-5-11(16-15)8-10-6-7-13(17-2)12(14)9-10/h6-7,9,11,16H,3-5,8,15H2,1-2H3. The molecule has 1 rings (SSSR count). The summed E-state index contributed by atoms with van der Waals surface area (Å²) in [4.78, 5) is 0. The number of rotatable bonds is 7. The molecule has 0 spiro atoms. The van der Waals surface area contributed by atoms with E-state index in [1.807, 2.05) is 6.07 Å². The van der Waals surface area contributed by atoms with E-state index in [1.165, 1.54) is 18.4 Å². The number of methoxy groups -OCH3 is 1. The summed E-state index contributed by atoms with van der Waals surface area (Å²) in [5.74, 6) is 6.43. The number of benzene rings is 1. The van der Waals surface area contributed by atoms with Crippen LogP contribution in [0.25, 0.3) is 0 Å². The van der Waals surface area contributed by atoms with Crippen LogP contribution in [0.2, 0.25) is 0 Å². The van der Waals surface area contributed by atoms with Crippen LogP contribution in [0.4, 0.5) is 0 Å². The Balaban J connectivity index is 2.63. The van der Waals surface area contributed by atoms with E-state index in [0.29, 0.717) is 6.04 Å². The summed E-state index contributed by atoms with van der Waals surface area (Å²) in [6.07, 6.45) is 4.45. The Kier molecular flexibility index (Phi) is 6.55. The van der Waals surface area contributed by atoms with Gasteiger partial charge in [0.15, 0.2) is 0 Å². The minimum absolute atomic E-state index is 0.343. The lowest BCUT2D eigenvalue weighted by Gasteiger charge is -2.16. The summed E-state index contributed by atoms with van der Waals surface area (Å²) in [6.45, 7) is 2.19. The Morgan fingerprint density at radius 3 is 2.76 bits per heavy atom. The van der Waals surface area contributed by atoms with Crippen molar-refractivity contribution in [3.63, 3.8) is 0 Å². The summed E-state index contributed by atoms with van der Waals surface area (Å²) in [7, 11) is 1.67. The molecular weight excluding hydrogens is 280 g/mol. The van der Waals surface area contributed by atoms with E-state index < -0.39 is 0 Å². The second-order valence-electron chi connectivity index (χ2n) is 4.18. The number of hydrazine groups is 1. The van der Waals surface area contributed by atoms with E-state index >= 15 is 0 Å². The minimum Gasteiger partial charge on any atom is -0.496 e. The van der Waals surface area contributed by atoms with E-state index in [-0.39, 0.29) is 0 Å². The molecule has 0 saturated heterocycles. The van der Waals surface area contributed by atoms with E-state index in [4.69, 9.17) is 10.6 Å². The van der Waals surface area contributed by atoms with Gasteiger partial charge in [-0.15, -0.1) is 0 Å². The fourth-order valence-electron chi connectivity index (χ4n) is 1.82. The van der Waals surface area contributed by atoms with Crippen molar-refractivity contribution in [3.05, 3.63) is 28.2 Å². The fraction of sp³-hybridized carbons (Fsp3) is 0.538. The molecule has 0 aliphatic rings. The predicted octanol–water partition coefficient (Wildman–Crippen LogP) is 3.02. The van der Waals surface area contributed by atoms with Gasteiger partial charge in [0, 0.05) is 6.04 Å². The number of hydrogen-bond donors (Lipinski definition) is 2. The van der Waals surface area contributed by atoms with E-state index in [1.54, 1.807) is 7.11 Å². The predicted molar refractivity (Wildman–Crippen MR) is 75.0 cm³/mol. The number of halogens is 1. The molecule has 1 atom stereocenters. The lowest BCUT2D eigenvalue weighted by Crippen LogP contribution is -2.36. The van der Waals surface area contributed by atoms with Crippen LogP contribution in [-0.4, -0.2) is 13.2 Å². The van der Waals surface area contributed by atoms with E-state index in [0.717, 1.165) is 23.1 Å². The van der Waals surface area contributed by atoms with Crippen molar-refractivity contribution in [2.75, 3.05) is 7.11 Å². The fourth-order valence-corrected chi connectivity index (χ4v) is 2.40. The number of ether oxygens (including phenoxy) is 1. The SMILES string of the molecule is CCCCC(Cc1ccc(OC)c(Br)c1)NN. The average Bonchev–Trinajstić information content (AvgIpc) is 2.34. The Bertz CT molecular complexity index is 344. The maximum absolute atomic E-state index is 5.57. The van der Waals surface area contributed by atoms with Gasteiger partial charge in [-0.1, -0.05) is 25.8 Å². The normalized spacial score (nSPS) is 12.5. The molecule has 4 heteroatoms. The van der Waals surface area contributed by atoms with Crippen LogP contribution in [-0.2, 0) is 6.42 Å². The van der Waals surface area contributed by atoms with Crippen LogP contribution in [0.1, 0.15) is 31.7 Å². The molecule has 0 aliphatic heterocycles. The average molecular weight is 301 g/mol. The minimum atomic E-state index is 0.343. The maximum Gasteiger partial charge on any atom is 0.133 e. The monoisotopic (exact) mass is 300 g/mol. The molecule has 0 radical (unpaired) electrons. The third-order valence-corrected chi connectivity index (χ3v) is 3.46. The highest BCUT2D eigenvalue weighted by Gasteiger charge is 2.08.